The van der Waals surface area contributed by atoms with Crippen molar-refractivity contribution < 1.29 is 4.74 Å². The highest BCUT2D eigenvalue weighted by Crippen LogP contribution is 2.47. The molecular weight excluding hydrogens is 194 g/mol. The molecule has 84 valence electrons. The van der Waals surface area contributed by atoms with E-state index >= 15 is 0 Å². The predicted octanol–water partition coefficient (Wildman–Crippen LogP) is 2.05. The molecular formula is C11H23NOS. The van der Waals surface area contributed by atoms with Crippen molar-refractivity contribution in [2.45, 2.75) is 32.7 Å². The van der Waals surface area contributed by atoms with Gasteiger partial charge in [-0.3, -0.25) is 4.90 Å². The van der Waals surface area contributed by atoms with Gasteiger partial charge >= 0.3 is 0 Å². The minimum Gasteiger partial charge on any atom is -0.383 e. The van der Waals surface area contributed by atoms with E-state index in [9.17, 15) is 0 Å². The first kappa shape index (κ1) is 12.3. The van der Waals surface area contributed by atoms with Gasteiger partial charge in [0, 0.05) is 26.2 Å². The third kappa shape index (κ3) is 3.44. The van der Waals surface area contributed by atoms with E-state index in [1.807, 2.05) is 0 Å². The standard InChI is InChI=1S/C11H23NOS/c1-10(2)12(6-7-13-3)8-11(9-14)4-5-11/h10,14H,4-9H2,1-3H3. The van der Waals surface area contributed by atoms with Gasteiger partial charge in [-0.15, -0.1) is 0 Å². The van der Waals surface area contributed by atoms with Crippen LogP contribution in [0.15, 0.2) is 0 Å². The molecule has 3 heteroatoms. The summed E-state index contributed by atoms with van der Waals surface area (Å²) in [6.07, 6.45) is 2.71. The largest absolute Gasteiger partial charge is 0.383 e. The van der Waals surface area contributed by atoms with Crippen molar-refractivity contribution in [2.75, 3.05) is 32.6 Å². The zero-order chi connectivity index (χ0) is 10.6. The molecule has 0 atom stereocenters. The molecule has 0 amide bonds. The van der Waals surface area contributed by atoms with Crippen LogP contribution in [0, 0.1) is 5.41 Å². The fourth-order valence-electron chi connectivity index (χ4n) is 1.70. The summed E-state index contributed by atoms with van der Waals surface area (Å²) in [6.45, 7) is 7.58. The number of hydrogen-bond acceptors (Lipinski definition) is 3. The topological polar surface area (TPSA) is 12.5 Å². The second-order valence-corrected chi connectivity index (χ2v) is 5.03. The first-order valence-electron chi connectivity index (χ1n) is 5.47. The van der Waals surface area contributed by atoms with Crippen LogP contribution in [0.25, 0.3) is 0 Å². The lowest BCUT2D eigenvalue weighted by Gasteiger charge is -2.29. The first-order chi connectivity index (χ1) is 6.63. The maximum Gasteiger partial charge on any atom is 0.0589 e. The molecule has 0 saturated heterocycles. The highest BCUT2D eigenvalue weighted by molar-refractivity contribution is 7.80. The van der Waals surface area contributed by atoms with Crippen molar-refractivity contribution in [3.63, 3.8) is 0 Å². The van der Waals surface area contributed by atoms with Crippen LogP contribution in [0.5, 0.6) is 0 Å². The Hall–Kier alpha value is 0.270. The number of thiol groups is 1. The Kier molecular flexibility index (Phi) is 4.74. The Balaban J connectivity index is 2.35. The Bertz CT molecular complexity index is 169. The molecule has 0 radical (unpaired) electrons. The van der Waals surface area contributed by atoms with E-state index in [1.165, 1.54) is 19.4 Å². The van der Waals surface area contributed by atoms with Gasteiger partial charge in [0.25, 0.3) is 0 Å². The van der Waals surface area contributed by atoms with Crippen molar-refractivity contribution in [3.05, 3.63) is 0 Å². The Morgan fingerprint density at radius 2 is 2.07 bits per heavy atom. The van der Waals surface area contributed by atoms with Gasteiger partial charge < -0.3 is 4.74 Å². The average molecular weight is 217 g/mol. The highest BCUT2D eigenvalue weighted by Gasteiger charge is 2.42. The molecule has 1 saturated carbocycles. The number of rotatable bonds is 7. The van der Waals surface area contributed by atoms with E-state index in [0.29, 0.717) is 11.5 Å². The second kappa shape index (κ2) is 5.38. The minimum atomic E-state index is 0.529. The van der Waals surface area contributed by atoms with Gasteiger partial charge in [0.2, 0.25) is 0 Å². The SMILES string of the molecule is COCCN(CC1(CS)CC1)C(C)C. The fraction of sp³-hybridized carbons (Fsp3) is 1.00. The minimum absolute atomic E-state index is 0.529. The summed E-state index contributed by atoms with van der Waals surface area (Å²) in [7, 11) is 1.77. The molecule has 14 heavy (non-hydrogen) atoms. The number of nitrogens with zero attached hydrogens (tertiary/aromatic N) is 1. The average Bonchev–Trinajstić information content (AvgIpc) is 2.92. The highest BCUT2D eigenvalue weighted by atomic mass is 32.1. The number of methoxy groups -OCH3 is 1. The second-order valence-electron chi connectivity index (χ2n) is 4.72. The summed E-state index contributed by atoms with van der Waals surface area (Å²) in [5.74, 6) is 1.03. The summed E-state index contributed by atoms with van der Waals surface area (Å²) in [5.41, 5.74) is 0.529. The lowest BCUT2D eigenvalue weighted by molar-refractivity contribution is 0.116. The summed E-state index contributed by atoms with van der Waals surface area (Å²) in [4.78, 5) is 2.51. The smallest absolute Gasteiger partial charge is 0.0589 e. The lowest BCUT2D eigenvalue weighted by Crippen LogP contribution is -2.39. The van der Waals surface area contributed by atoms with Crippen LogP contribution in [0.1, 0.15) is 26.7 Å². The summed E-state index contributed by atoms with van der Waals surface area (Å²) >= 11 is 4.44. The molecule has 0 aliphatic heterocycles. The summed E-state index contributed by atoms with van der Waals surface area (Å²) in [6, 6.07) is 0.613. The van der Waals surface area contributed by atoms with Crippen LogP contribution in [0.4, 0.5) is 0 Å². The van der Waals surface area contributed by atoms with Crippen molar-refractivity contribution in [3.8, 4) is 0 Å². The Morgan fingerprint density at radius 1 is 1.43 bits per heavy atom. The van der Waals surface area contributed by atoms with Gasteiger partial charge in [-0.1, -0.05) is 0 Å². The van der Waals surface area contributed by atoms with Crippen LogP contribution < -0.4 is 0 Å². The lowest BCUT2D eigenvalue weighted by atomic mass is 10.1. The predicted molar refractivity (Wildman–Crippen MR) is 64.1 cm³/mol. The van der Waals surface area contributed by atoms with Gasteiger partial charge in [0.1, 0.15) is 0 Å². The van der Waals surface area contributed by atoms with Gasteiger partial charge in [-0.05, 0) is 37.9 Å². The third-order valence-corrected chi connectivity index (χ3v) is 3.81. The van der Waals surface area contributed by atoms with Crippen molar-refractivity contribution in [2.24, 2.45) is 5.41 Å². The Morgan fingerprint density at radius 3 is 2.43 bits per heavy atom. The molecule has 0 bridgehead atoms. The zero-order valence-corrected chi connectivity index (χ0v) is 10.5. The van der Waals surface area contributed by atoms with Crippen molar-refractivity contribution in [1.82, 2.24) is 4.90 Å². The molecule has 1 aliphatic rings. The Labute approximate surface area is 93.4 Å². The van der Waals surface area contributed by atoms with Crippen LogP contribution in [0.2, 0.25) is 0 Å². The number of hydrogen-bond donors (Lipinski definition) is 1. The van der Waals surface area contributed by atoms with Crippen LogP contribution in [-0.4, -0.2) is 43.5 Å². The maximum absolute atomic E-state index is 5.13. The molecule has 0 heterocycles. The van der Waals surface area contributed by atoms with Crippen molar-refractivity contribution in [1.29, 1.82) is 0 Å². The number of ether oxygens (including phenoxy) is 1. The van der Waals surface area contributed by atoms with E-state index in [-0.39, 0.29) is 0 Å². The maximum atomic E-state index is 5.13. The monoisotopic (exact) mass is 217 g/mol. The molecule has 0 aromatic carbocycles. The van der Waals surface area contributed by atoms with E-state index in [2.05, 4.69) is 31.4 Å². The van der Waals surface area contributed by atoms with Gasteiger partial charge in [0.15, 0.2) is 0 Å². The molecule has 2 nitrogen and oxygen atoms in total. The van der Waals surface area contributed by atoms with Crippen molar-refractivity contribution >= 4 is 12.6 Å². The fourth-order valence-corrected chi connectivity index (χ4v) is 2.12. The summed E-state index contributed by atoms with van der Waals surface area (Å²) < 4.78 is 5.13. The van der Waals surface area contributed by atoms with Crippen LogP contribution in [0.3, 0.4) is 0 Å². The molecule has 0 unspecified atom stereocenters. The van der Waals surface area contributed by atoms with Crippen LogP contribution >= 0.6 is 12.6 Å². The van der Waals surface area contributed by atoms with Crippen LogP contribution in [-0.2, 0) is 4.74 Å². The zero-order valence-electron chi connectivity index (χ0n) is 9.62. The van der Waals surface area contributed by atoms with E-state index < -0.39 is 0 Å². The molecule has 0 aromatic rings. The molecule has 0 N–H and O–H groups in total. The van der Waals surface area contributed by atoms with E-state index in [1.54, 1.807) is 7.11 Å². The quantitative estimate of drug-likeness (QED) is 0.655. The third-order valence-electron chi connectivity index (χ3n) is 3.14. The normalized spacial score (nSPS) is 19.3. The summed E-state index contributed by atoms with van der Waals surface area (Å²) in [5, 5.41) is 0. The van der Waals surface area contributed by atoms with E-state index in [0.717, 1.165) is 18.9 Å². The van der Waals surface area contributed by atoms with E-state index in [4.69, 9.17) is 4.74 Å². The molecule has 1 fully saturated rings. The van der Waals surface area contributed by atoms with Gasteiger partial charge in [0.05, 0.1) is 6.61 Å². The molecule has 1 rings (SSSR count). The first-order valence-corrected chi connectivity index (χ1v) is 6.11. The molecule has 0 spiro atoms. The van der Waals surface area contributed by atoms with Gasteiger partial charge in [-0.25, -0.2) is 0 Å². The van der Waals surface area contributed by atoms with Gasteiger partial charge in [-0.2, -0.15) is 12.6 Å². The molecule has 0 aromatic heterocycles. The molecule has 1 aliphatic carbocycles.